The molecule has 0 saturated carbocycles. The van der Waals surface area contributed by atoms with Gasteiger partial charge < -0.3 is 14.7 Å². The summed E-state index contributed by atoms with van der Waals surface area (Å²) in [5.74, 6) is 0.435. The number of ether oxygens (including phenoxy) is 1. The van der Waals surface area contributed by atoms with Gasteiger partial charge >= 0.3 is 0 Å². The Balaban J connectivity index is 2.29. The summed E-state index contributed by atoms with van der Waals surface area (Å²) in [5, 5.41) is 20.0. The number of nitro groups is 1. The Morgan fingerprint density at radius 2 is 2.50 bits per heavy atom. The first-order valence-electron chi connectivity index (χ1n) is 5.38. The summed E-state index contributed by atoms with van der Waals surface area (Å²) in [7, 11) is 0. The maximum atomic E-state index is 10.6. The first-order valence-corrected chi connectivity index (χ1v) is 5.76. The molecule has 18 heavy (non-hydrogen) atoms. The predicted octanol–water partition coefficient (Wildman–Crippen LogP) is 0.841. The third-order valence-corrected chi connectivity index (χ3v) is 3.01. The Labute approximate surface area is 108 Å². The summed E-state index contributed by atoms with van der Waals surface area (Å²) in [6.07, 6.45) is 1.16. The van der Waals surface area contributed by atoms with Gasteiger partial charge in [0.25, 0.3) is 5.69 Å². The molecule has 1 atom stereocenters. The number of hydrogen-bond acceptors (Lipinski definition) is 6. The Bertz CT molecular complexity index is 457. The van der Waals surface area contributed by atoms with Crippen molar-refractivity contribution < 1.29 is 14.8 Å². The van der Waals surface area contributed by atoms with Crippen LogP contribution in [-0.4, -0.2) is 47.4 Å². The lowest BCUT2D eigenvalue weighted by molar-refractivity contribution is -0.385. The molecule has 0 aromatic carbocycles. The van der Waals surface area contributed by atoms with Crippen LogP contribution in [0, 0.1) is 10.1 Å². The highest BCUT2D eigenvalue weighted by molar-refractivity contribution is 6.33. The number of aromatic nitrogens is 1. The fraction of sp³-hybridized carbons (Fsp3) is 0.500. The molecule has 1 saturated heterocycles. The minimum absolute atomic E-state index is 0.0883. The topological polar surface area (TPSA) is 88.7 Å². The van der Waals surface area contributed by atoms with Crippen LogP contribution in [0.3, 0.4) is 0 Å². The van der Waals surface area contributed by atoms with Crippen LogP contribution in [0.25, 0.3) is 0 Å². The van der Waals surface area contributed by atoms with E-state index in [0.29, 0.717) is 25.6 Å². The molecule has 0 spiro atoms. The molecule has 1 unspecified atom stereocenters. The summed E-state index contributed by atoms with van der Waals surface area (Å²) in [5.41, 5.74) is -0.155. The molecule has 0 amide bonds. The van der Waals surface area contributed by atoms with Gasteiger partial charge in [-0.25, -0.2) is 4.98 Å². The van der Waals surface area contributed by atoms with Crippen LogP contribution in [0.15, 0.2) is 12.3 Å². The van der Waals surface area contributed by atoms with Gasteiger partial charge in [0.1, 0.15) is 12.0 Å². The molecule has 1 aromatic heterocycles. The molecular weight excluding hydrogens is 262 g/mol. The molecular formula is C10H12ClN3O4. The van der Waals surface area contributed by atoms with Gasteiger partial charge in [-0.2, -0.15) is 0 Å². The fourth-order valence-electron chi connectivity index (χ4n) is 1.82. The van der Waals surface area contributed by atoms with E-state index in [0.717, 1.165) is 6.20 Å². The molecule has 0 aliphatic carbocycles. The molecule has 1 aliphatic rings. The van der Waals surface area contributed by atoms with E-state index in [1.54, 1.807) is 4.90 Å². The maximum absolute atomic E-state index is 10.6. The Morgan fingerprint density at radius 1 is 1.72 bits per heavy atom. The van der Waals surface area contributed by atoms with Crippen molar-refractivity contribution in [2.45, 2.75) is 6.04 Å². The lowest BCUT2D eigenvalue weighted by Crippen LogP contribution is -2.48. The van der Waals surface area contributed by atoms with Crippen LogP contribution in [0.4, 0.5) is 11.5 Å². The van der Waals surface area contributed by atoms with Crippen molar-refractivity contribution in [2.75, 3.05) is 31.3 Å². The predicted molar refractivity (Wildman–Crippen MR) is 64.9 cm³/mol. The number of hydrogen-bond donors (Lipinski definition) is 1. The largest absolute Gasteiger partial charge is 0.394 e. The molecule has 2 rings (SSSR count). The van der Waals surface area contributed by atoms with E-state index < -0.39 is 4.92 Å². The zero-order valence-corrected chi connectivity index (χ0v) is 10.2. The molecule has 0 bridgehead atoms. The zero-order valence-electron chi connectivity index (χ0n) is 9.45. The minimum Gasteiger partial charge on any atom is -0.394 e. The van der Waals surface area contributed by atoms with Gasteiger partial charge in [0.05, 0.1) is 35.8 Å². The number of anilines is 1. The fourth-order valence-corrected chi connectivity index (χ4v) is 2.09. The van der Waals surface area contributed by atoms with Crippen molar-refractivity contribution in [1.29, 1.82) is 0 Å². The Hall–Kier alpha value is -1.44. The first kappa shape index (κ1) is 13.0. The number of pyridine rings is 1. The van der Waals surface area contributed by atoms with Crippen LogP contribution in [-0.2, 0) is 4.74 Å². The molecule has 7 nitrogen and oxygen atoms in total. The third-order valence-electron chi connectivity index (χ3n) is 2.73. The van der Waals surface area contributed by atoms with E-state index >= 15 is 0 Å². The van der Waals surface area contributed by atoms with E-state index in [9.17, 15) is 15.2 Å². The molecule has 1 fully saturated rings. The number of aliphatic hydroxyl groups is 1. The number of halogens is 1. The molecule has 8 heteroatoms. The number of nitrogens with zero attached hydrogens (tertiary/aromatic N) is 3. The molecule has 0 radical (unpaired) electrons. The molecule has 1 N–H and O–H groups in total. The Kier molecular flexibility index (Phi) is 3.95. The van der Waals surface area contributed by atoms with E-state index in [-0.39, 0.29) is 23.4 Å². The number of morpholine rings is 1. The summed E-state index contributed by atoms with van der Waals surface area (Å²) >= 11 is 6.00. The second kappa shape index (κ2) is 5.47. The summed E-state index contributed by atoms with van der Waals surface area (Å²) in [6.45, 7) is 1.34. The van der Waals surface area contributed by atoms with Crippen LogP contribution in [0.2, 0.25) is 5.02 Å². The second-order valence-corrected chi connectivity index (χ2v) is 4.27. The van der Waals surface area contributed by atoms with Crippen LogP contribution in [0.5, 0.6) is 0 Å². The van der Waals surface area contributed by atoms with Crippen molar-refractivity contribution >= 4 is 23.1 Å². The van der Waals surface area contributed by atoms with E-state index in [1.165, 1.54) is 6.07 Å². The quantitative estimate of drug-likeness (QED) is 0.648. The van der Waals surface area contributed by atoms with Gasteiger partial charge in [0, 0.05) is 12.6 Å². The highest BCUT2D eigenvalue weighted by Gasteiger charge is 2.26. The van der Waals surface area contributed by atoms with Crippen molar-refractivity contribution in [3.05, 3.63) is 27.4 Å². The van der Waals surface area contributed by atoms with Crippen molar-refractivity contribution in [1.82, 2.24) is 4.98 Å². The monoisotopic (exact) mass is 273 g/mol. The highest BCUT2D eigenvalue weighted by atomic mass is 35.5. The molecule has 98 valence electrons. The summed E-state index contributed by atoms with van der Waals surface area (Å²) < 4.78 is 5.25. The van der Waals surface area contributed by atoms with Gasteiger partial charge in [-0.05, 0) is 0 Å². The van der Waals surface area contributed by atoms with Crippen molar-refractivity contribution in [3.63, 3.8) is 0 Å². The zero-order chi connectivity index (χ0) is 13.1. The second-order valence-electron chi connectivity index (χ2n) is 3.86. The molecule has 2 heterocycles. The average molecular weight is 274 g/mol. The lowest BCUT2D eigenvalue weighted by Gasteiger charge is -2.35. The van der Waals surface area contributed by atoms with E-state index in [2.05, 4.69) is 4.98 Å². The third kappa shape index (κ3) is 2.53. The van der Waals surface area contributed by atoms with Crippen LogP contribution in [0.1, 0.15) is 0 Å². The van der Waals surface area contributed by atoms with Crippen LogP contribution < -0.4 is 4.90 Å². The maximum Gasteiger partial charge on any atom is 0.289 e. The first-order chi connectivity index (χ1) is 8.63. The normalized spacial score (nSPS) is 19.9. The smallest absolute Gasteiger partial charge is 0.289 e. The van der Waals surface area contributed by atoms with Crippen LogP contribution >= 0.6 is 11.6 Å². The number of aliphatic hydroxyl groups excluding tert-OH is 1. The van der Waals surface area contributed by atoms with Gasteiger partial charge in [-0.3, -0.25) is 10.1 Å². The minimum atomic E-state index is -0.550. The van der Waals surface area contributed by atoms with E-state index in [1.807, 2.05) is 0 Å². The van der Waals surface area contributed by atoms with Crippen molar-refractivity contribution in [2.24, 2.45) is 0 Å². The van der Waals surface area contributed by atoms with E-state index in [4.69, 9.17) is 16.3 Å². The lowest BCUT2D eigenvalue weighted by atomic mass is 10.2. The van der Waals surface area contributed by atoms with Gasteiger partial charge in [-0.15, -0.1) is 0 Å². The highest BCUT2D eigenvalue weighted by Crippen LogP contribution is 2.29. The van der Waals surface area contributed by atoms with Gasteiger partial charge in [-0.1, -0.05) is 11.6 Å². The standard InChI is InChI=1S/C10H12ClN3O4/c11-9-3-7(14(16)17)4-12-10(9)13-1-2-18-6-8(13)5-15/h3-4,8,15H,1-2,5-6H2. The van der Waals surface area contributed by atoms with Crippen molar-refractivity contribution in [3.8, 4) is 0 Å². The summed E-state index contributed by atoms with van der Waals surface area (Å²) in [6, 6.07) is 1.03. The van der Waals surface area contributed by atoms with Gasteiger partial charge in [0.2, 0.25) is 0 Å². The molecule has 1 aromatic rings. The Morgan fingerprint density at radius 3 is 3.11 bits per heavy atom. The number of rotatable bonds is 3. The van der Waals surface area contributed by atoms with Gasteiger partial charge in [0.15, 0.2) is 0 Å². The average Bonchev–Trinajstić information content (AvgIpc) is 2.38. The molecule has 1 aliphatic heterocycles. The SMILES string of the molecule is O=[N+]([O-])c1cnc(N2CCOCC2CO)c(Cl)c1. The summed E-state index contributed by atoms with van der Waals surface area (Å²) in [4.78, 5) is 15.9.